The summed E-state index contributed by atoms with van der Waals surface area (Å²) >= 11 is 0. The second-order valence-electron chi connectivity index (χ2n) is 4.35. The van der Waals surface area contributed by atoms with E-state index < -0.39 is 6.04 Å². The zero-order valence-electron chi connectivity index (χ0n) is 10.1. The van der Waals surface area contributed by atoms with Gasteiger partial charge in [0, 0.05) is 18.7 Å². The average Bonchev–Trinajstić information content (AvgIpc) is 2.38. The number of rotatable bonds is 3. The minimum absolute atomic E-state index is 0.124. The van der Waals surface area contributed by atoms with Gasteiger partial charge >= 0.3 is 0 Å². The fraction of sp³-hybridized carbons (Fsp3) is 0.538. The average molecular weight is 238 g/mol. The van der Waals surface area contributed by atoms with Crippen LogP contribution in [0.1, 0.15) is 18.5 Å². The van der Waals surface area contributed by atoms with Crippen LogP contribution >= 0.6 is 0 Å². The highest BCUT2D eigenvalue weighted by atomic mass is 19.1. The van der Waals surface area contributed by atoms with Crippen molar-refractivity contribution in [2.45, 2.75) is 19.1 Å². The van der Waals surface area contributed by atoms with Gasteiger partial charge in [0.15, 0.2) is 0 Å². The molecule has 0 aliphatic carbocycles. The fourth-order valence-electron chi connectivity index (χ4n) is 2.18. The Balaban J connectivity index is 2.09. The molecule has 1 aromatic carbocycles. The lowest BCUT2D eigenvalue weighted by atomic mass is 10.0. The highest BCUT2D eigenvalue weighted by Crippen LogP contribution is 2.22. The predicted octanol–water partition coefficient (Wildman–Crippen LogP) is 1.55. The predicted molar refractivity (Wildman–Crippen MR) is 65.2 cm³/mol. The molecule has 0 amide bonds. The molecule has 4 heteroatoms. The van der Waals surface area contributed by atoms with Gasteiger partial charge in [0.1, 0.15) is 5.82 Å². The molecule has 94 valence electrons. The van der Waals surface area contributed by atoms with Crippen molar-refractivity contribution >= 4 is 0 Å². The zero-order chi connectivity index (χ0) is 12.3. The summed E-state index contributed by atoms with van der Waals surface area (Å²) in [7, 11) is 0. The molecule has 3 nitrogen and oxygen atoms in total. The normalized spacial score (nSPS) is 23.6. The van der Waals surface area contributed by atoms with Crippen molar-refractivity contribution < 1.29 is 9.13 Å². The molecule has 1 aliphatic heterocycles. The van der Waals surface area contributed by atoms with Gasteiger partial charge in [-0.1, -0.05) is 25.1 Å². The first-order valence-corrected chi connectivity index (χ1v) is 6.06. The molecule has 1 saturated heterocycles. The monoisotopic (exact) mass is 238 g/mol. The Morgan fingerprint density at radius 3 is 3.00 bits per heavy atom. The summed E-state index contributed by atoms with van der Waals surface area (Å²) < 4.78 is 19.3. The van der Waals surface area contributed by atoms with Gasteiger partial charge in [-0.3, -0.25) is 4.90 Å². The molecule has 0 aromatic heterocycles. The van der Waals surface area contributed by atoms with E-state index in [2.05, 4.69) is 11.8 Å². The SMILES string of the molecule is CCN1CCOC(C(N)c2ccccc2F)C1. The van der Waals surface area contributed by atoms with Crippen molar-refractivity contribution in [3.05, 3.63) is 35.6 Å². The van der Waals surface area contributed by atoms with Crippen molar-refractivity contribution in [1.29, 1.82) is 0 Å². The first-order chi connectivity index (χ1) is 8.22. The van der Waals surface area contributed by atoms with Crippen LogP contribution in [0.4, 0.5) is 4.39 Å². The summed E-state index contributed by atoms with van der Waals surface area (Å²) in [4.78, 5) is 2.27. The Morgan fingerprint density at radius 1 is 1.53 bits per heavy atom. The smallest absolute Gasteiger partial charge is 0.128 e. The number of ether oxygens (including phenoxy) is 1. The molecule has 2 atom stereocenters. The van der Waals surface area contributed by atoms with Crippen LogP contribution in [-0.4, -0.2) is 37.2 Å². The molecular weight excluding hydrogens is 219 g/mol. The zero-order valence-corrected chi connectivity index (χ0v) is 10.1. The third-order valence-corrected chi connectivity index (χ3v) is 3.29. The number of halogens is 1. The van der Waals surface area contributed by atoms with Crippen LogP contribution in [0.25, 0.3) is 0 Å². The van der Waals surface area contributed by atoms with Gasteiger partial charge in [-0.25, -0.2) is 4.39 Å². The highest BCUT2D eigenvalue weighted by Gasteiger charge is 2.27. The van der Waals surface area contributed by atoms with Crippen molar-refractivity contribution in [3.8, 4) is 0 Å². The molecule has 0 saturated carbocycles. The van der Waals surface area contributed by atoms with E-state index in [1.54, 1.807) is 18.2 Å². The Hall–Kier alpha value is -0.970. The van der Waals surface area contributed by atoms with Gasteiger partial charge in [-0.05, 0) is 12.6 Å². The summed E-state index contributed by atoms with van der Waals surface area (Å²) in [6, 6.07) is 6.25. The van der Waals surface area contributed by atoms with Gasteiger partial charge in [0.05, 0.1) is 18.8 Å². The largest absolute Gasteiger partial charge is 0.374 e. The molecule has 1 aliphatic rings. The molecule has 0 radical (unpaired) electrons. The molecule has 1 aromatic rings. The third kappa shape index (κ3) is 2.83. The first-order valence-electron chi connectivity index (χ1n) is 6.06. The van der Waals surface area contributed by atoms with Crippen LogP contribution in [0.2, 0.25) is 0 Å². The second kappa shape index (κ2) is 5.58. The molecule has 1 fully saturated rings. The standard InChI is InChI=1S/C13H19FN2O/c1-2-16-7-8-17-12(9-16)13(15)10-5-3-4-6-11(10)14/h3-6,12-13H,2,7-9,15H2,1H3. The van der Waals surface area contributed by atoms with E-state index in [-0.39, 0.29) is 11.9 Å². The molecular formula is C13H19FN2O. The lowest BCUT2D eigenvalue weighted by Gasteiger charge is -2.35. The van der Waals surface area contributed by atoms with Crippen LogP contribution in [0, 0.1) is 5.82 Å². The van der Waals surface area contributed by atoms with E-state index in [0.717, 1.165) is 19.6 Å². The van der Waals surface area contributed by atoms with Crippen molar-refractivity contribution in [1.82, 2.24) is 4.90 Å². The quantitative estimate of drug-likeness (QED) is 0.868. The van der Waals surface area contributed by atoms with Gasteiger partial charge in [0.2, 0.25) is 0 Å². The topological polar surface area (TPSA) is 38.5 Å². The third-order valence-electron chi connectivity index (χ3n) is 3.29. The molecule has 2 rings (SSSR count). The van der Waals surface area contributed by atoms with Crippen LogP contribution < -0.4 is 5.73 Å². The van der Waals surface area contributed by atoms with Gasteiger partial charge < -0.3 is 10.5 Å². The lowest BCUT2D eigenvalue weighted by molar-refractivity contribution is -0.0397. The van der Waals surface area contributed by atoms with Crippen molar-refractivity contribution in [2.24, 2.45) is 5.73 Å². The van der Waals surface area contributed by atoms with Gasteiger partial charge in [-0.15, -0.1) is 0 Å². The van der Waals surface area contributed by atoms with E-state index in [1.807, 2.05) is 0 Å². The van der Waals surface area contributed by atoms with Gasteiger partial charge in [0.25, 0.3) is 0 Å². The maximum atomic E-state index is 13.6. The van der Waals surface area contributed by atoms with E-state index in [9.17, 15) is 4.39 Å². The number of hydrogen-bond donors (Lipinski definition) is 1. The minimum atomic E-state index is -0.398. The van der Waals surface area contributed by atoms with E-state index in [4.69, 9.17) is 10.5 Å². The number of hydrogen-bond acceptors (Lipinski definition) is 3. The van der Waals surface area contributed by atoms with Crippen LogP contribution in [0.15, 0.2) is 24.3 Å². The molecule has 17 heavy (non-hydrogen) atoms. The lowest BCUT2D eigenvalue weighted by Crippen LogP contribution is -2.47. The number of nitrogens with two attached hydrogens (primary N) is 1. The van der Waals surface area contributed by atoms with E-state index >= 15 is 0 Å². The van der Waals surface area contributed by atoms with E-state index in [1.165, 1.54) is 6.07 Å². The fourth-order valence-corrected chi connectivity index (χ4v) is 2.18. The number of likely N-dealkylation sites (N-methyl/N-ethyl adjacent to an activating group) is 1. The van der Waals surface area contributed by atoms with E-state index in [0.29, 0.717) is 12.2 Å². The Morgan fingerprint density at radius 2 is 2.29 bits per heavy atom. The number of nitrogens with zero attached hydrogens (tertiary/aromatic N) is 1. The van der Waals surface area contributed by atoms with Crippen LogP contribution in [0.5, 0.6) is 0 Å². The maximum absolute atomic E-state index is 13.6. The Kier molecular flexibility index (Phi) is 4.10. The minimum Gasteiger partial charge on any atom is -0.374 e. The van der Waals surface area contributed by atoms with Gasteiger partial charge in [-0.2, -0.15) is 0 Å². The van der Waals surface area contributed by atoms with Crippen molar-refractivity contribution in [3.63, 3.8) is 0 Å². The Bertz CT molecular complexity index is 372. The maximum Gasteiger partial charge on any atom is 0.128 e. The first kappa shape index (κ1) is 12.5. The summed E-state index contributed by atoms with van der Waals surface area (Å²) in [5.41, 5.74) is 6.63. The van der Waals surface area contributed by atoms with Crippen LogP contribution in [-0.2, 0) is 4.74 Å². The number of benzene rings is 1. The molecule has 2 unspecified atom stereocenters. The summed E-state index contributed by atoms with van der Waals surface area (Å²) in [6.45, 7) is 5.45. The number of morpholine rings is 1. The highest BCUT2D eigenvalue weighted by molar-refractivity contribution is 5.22. The Labute approximate surface area is 101 Å². The summed E-state index contributed by atoms with van der Waals surface area (Å²) in [5, 5.41) is 0. The summed E-state index contributed by atoms with van der Waals surface area (Å²) in [5.74, 6) is -0.253. The molecule has 2 N–H and O–H groups in total. The molecule has 0 spiro atoms. The second-order valence-corrected chi connectivity index (χ2v) is 4.35. The van der Waals surface area contributed by atoms with Crippen molar-refractivity contribution in [2.75, 3.05) is 26.2 Å². The molecule has 1 heterocycles. The molecule has 0 bridgehead atoms. The summed E-state index contributed by atoms with van der Waals surface area (Å²) in [6.07, 6.45) is -0.124. The van der Waals surface area contributed by atoms with Crippen LogP contribution in [0.3, 0.4) is 0 Å².